The maximum atomic E-state index is 12.6. The number of nitrogens with one attached hydrogen (secondary N) is 1. The molecule has 3 rings (SSSR count). The summed E-state index contributed by atoms with van der Waals surface area (Å²) in [5.74, 6) is -0.335. The monoisotopic (exact) mass is 406 g/mol. The largest absolute Gasteiger partial charge is 0.379 e. The number of morpholine rings is 1. The fourth-order valence-electron chi connectivity index (χ4n) is 2.61. The van der Waals surface area contributed by atoms with Gasteiger partial charge in [0.25, 0.3) is 0 Å². The van der Waals surface area contributed by atoms with Crippen molar-refractivity contribution in [2.75, 3.05) is 31.6 Å². The average molecular weight is 407 g/mol. The van der Waals surface area contributed by atoms with Crippen LogP contribution in [0.3, 0.4) is 0 Å². The third-order valence-electron chi connectivity index (χ3n) is 4.05. The molecule has 2 aromatic carbocycles. The minimum Gasteiger partial charge on any atom is -0.379 e. The number of halogens is 1. The lowest BCUT2D eigenvalue weighted by molar-refractivity contribution is -0.111. The van der Waals surface area contributed by atoms with Crippen molar-refractivity contribution >= 4 is 39.3 Å². The SMILES string of the molecule is O=C(/C=C/c1ccccc1Cl)Nc1ccc(S(=O)(=O)N2CCOCC2)cc1. The van der Waals surface area contributed by atoms with Crippen LogP contribution in [0.25, 0.3) is 6.08 Å². The van der Waals surface area contributed by atoms with Gasteiger partial charge in [0, 0.05) is 29.9 Å². The summed E-state index contributed by atoms with van der Waals surface area (Å²) in [6.45, 7) is 1.47. The summed E-state index contributed by atoms with van der Waals surface area (Å²) in [5.41, 5.74) is 1.24. The van der Waals surface area contributed by atoms with Gasteiger partial charge in [-0.2, -0.15) is 4.31 Å². The Morgan fingerprint density at radius 3 is 2.41 bits per heavy atom. The lowest BCUT2D eigenvalue weighted by Crippen LogP contribution is -2.40. The maximum absolute atomic E-state index is 12.6. The smallest absolute Gasteiger partial charge is 0.248 e. The van der Waals surface area contributed by atoms with Crippen LogP contribution in [0.4, 0.5) is 5.69 Å². The molecule has 1 heterocycles. The summed E-state index contributed by atoms with van der Waals surface area (Å²) in [4.78, 5) is 12.2. The first-order valence-electron chi connectivity index (χ1n) is 8.38. The van der Waals surface area contributed by atoms with E-state index in [1.807, 2.05) is 12.1 Å². The van der Waals surface area contributed by atoms with Crippen LogP contribution in [-0.4, -0.2) is 44.9 Å². The molecule has 0 aromatic heterocycles. The summed E-state index contributed by atoms with van der Waals surface area (Å²) in [6.07, 6.45) is 2.99. The molecule has 1 aliphatic heterocycles. The van der Waals surface area contributed by atoms with E-state index in [1.165, 1.54) is 22.5 Å². The predicted molar refractivity (Wildman–Crippen MR) is 105 cm³/mol. The zero-order chi connectivity index (χ0) is 19.3. The van der Waals surface area contributed by atoms with Gasteiger partial charge in [-0.25, -0.2) is 8.42 Å². The highest BCUT2D eigenvalue weighted by molar-refractivity contribution is 7.89. The number of hydrogen-bond acceptors (Lipinski definition) is 4. The number of anilines is 1. The van der Waals surface area contributed by atoms with Crippen LogP contribution in [0.5, 0.6) is 0 Å². The second-order valence-electron chi connectivity index (χ2n) is 5.88. The zero-order valence-corrected chi connectivity index (χ0v) is 16.0. The summed E-state index contributed by atoms with van der Waals surface area (Å²) in [5, 5.41) is 3.25. The molecular formula is C19H19ClN2O4S. The Hall–Kier alpha value is -2.19. The zero-order valence-electron chi connectivity index (χ0n) is 14.5. The quantitative estimate of drug-likeness (QED) is 0.774. The van der Waals surface area contributed by atoms with Gasteiger partial charge in [0.2, 0.25) is 15.9 Å². The molecule has 1 aliphatic rings. The summed E-state index contributed by atoms with van der Waals surface area (Å²) in [7, 11) is -3.55. The number of hydrogen-bond donors (Lipinski definition) is 1. The number of carbonyl (C=O) groups is 1. The molecule has 0 saturated carbocycles. The molecule has 8 heteroatoms. The Morgan fingerprint density at radius 1 is 1.07 bits per heavy atom. The molecule has 1 fully saturated rings. The maximum Gasteiger partial charge on any atom is 0.248 e. The molecule has 1 amide bonds. The van der Waals surface area contributed by atoms with Crippen molar-refractivity contribution in [2.24, 2.45) is 0 Å². The highest BCUT2D eigenvalue weighted by atomic mass is 35.5. The van der Waals surface area contributed by atoms with Gasteiger partial charge in [0.15, 0.2) is 0 Å². The third-order valence-corrected chi connectivity index (χ3v) is 6.31. The first-order chi connectivity index (χ1) is 13.0. The molecule has 1 saturated heterocycles. The minimum atomic E-state index is -3.55. The third kappa shape index (κ3) is 4.95. The molecule has 2 aromatic rings. The molecule has 0 atom stereocenters. The van der Waals surface area contributed by atoms with Crippen molar-refractivity contribution in [3.63, 3.8) is 0 Å². The Balaban J connectivity index is 1.65. The minimum absolute atomic E-state index is 0.189. The van der Waals surface area contributed by atoms with Crippen molar-refractivity contribution in [1.82, 2.24) is 4.31 Å². The fourth-order valence-corrected chi connectivity index (χ4v) is 4.21. The Kier molecular flexibility index (Phi) is 6.28. The van der Waals surface area contributed by atoms with Crippen molar-refractivity contribution in [2.45, 2.75) is 4.90 Å². The number of ether oxygens (including phenoxy) is 1. The van der Waals surface area contributed by atoms with Crippen LogP contribution in [-0.2, 0) is 19.6 Å². The van der Waals surface area contributed by atoms with Crippen molar-refractivity contribution in [1.29, 1.82) is 0 Å². The van der Waals surface area contributed by atoms with Gasteiger partial charge in [-0.1, -0.05) is 29.8 Å². The summed E-state index contributed by atoms with van der Waals surface area (Å²) >= 11 is 6.04. The Labute approximate surface area is 163 Å². The van der Waals surface area contributed by atoms with Gasteiger partial charge in [0.05, 0.1) is 18.1 Å². The molecule has 142 valence electrons. The lowest BCUT2D eigenvalue weighted by Gasteiger charge is -2.26. The van der Waals surface area contributed by atoms with Gasteiger partial charge in [-0.05, 0) is 42.0 Å². The number of nitrogens with zero attached hydrogens (tertiary/aromatic N) is 1. The molecule has 0 spiro atoms. The van der Waals surface area contributed by atoms with E-state index in [-0.39, 0.29) is 10.8 Å². The van der Waals surface area contributed by atoms with E-state index in [0.29, 0.717) is 37.0 Å². The van der Waals surface area contributed by atoms with E-state index >= 15 is 0 Å². The van der Waals surface area contributed by atoms with Crippen LogP contribution in [0, 0.1) is 0 Å². The van der Waals surface area contributed by atoms with Gasteiger partial charge >= 0.3 is 0 Å². The molecule has 0 bridgehead atoms. The number of sulfonamides is 1. The second-order valence-corrected chi connectivity index (χ2v) is 8.23. The van der Waals surface area contributed by atoms with Crippen molar-refractivity contribution in [3.8, 4) is 0 Å². The highest BCUT2D eigenvalue weighted by Crippen LogP contribution is 2.20. The van der Waals surface area contributed by atoms with Crippen LogP contribution in [0.1, 0.15) is 5.56 Å². The molecule has 0 radical (unpaired) electrons. The summed E-state index contributed by atoms with van der Waals surface area (Å²) < 4.78 is 31.7. The lowest BCUT2D eigenvalue weighted by atomic mass is 10.2. The van der Waals surface area contributed by atoms with Crippen molar-refractivity contribution in [3.05, 3.63) is 65.2 Å². The van der Waals surface area contributed by atoms with E-state index < -0.39 is 10.0 Å². The van der Waals surface area contributed by atoms with Crippen molar-refractivity contribution < 1.29 is 17.9 Å². The number of rotatable bonds is 5. The van der Waals surface area contributed by atoms with Crippen LogP contribution >= 0.6 is 11.6 Å². The molecule has 27 heavy (non-hydrogen) atoms. The standard InChI is InChI=1S/C19H19ClN2O4S/c20-18-4-2-1-3-15(18)5-10-19(23)21-16-6-8-17(9-7-16)27(24,25)22-11-13-26-14-12-22/h1-10H,11-14H2,(H,21,23)/b10-5+. The van der Waals surface area contributed by atoms with E-state index in [1.54, 1.807) is 30.3 Å². The molecule has 0 aliphatic carbocycles. The van der Waals surface area contributed by atoms with Gasteiger partial charge in [0.1, 0.15) is 0 Å². The Bertz CT molecular complexity index is 936. The van der Waals surface area contributed by atoms with E-state index in [2.05, 4.69) is 5.32 Å². The molecule has 1 N–H and O–H groups in total. The van der Waals surface area contributed by atoms with Crippen LogP contribution < -0.4 is 5.32 Å². The number of carbonyl (C=O) groups excluding carboxylic acids is 1. The fraction of sp³-hybridized carbons (Fsp3) is 0.211. The molecular weight excluding hydrogens is 388 g/mol. The highest BCUT2D eigenvalue weighted by Gasteiger charge is 2.26. The molecule has 6 nitrogen and oxygen atoms in total. The van der Waals surface area contributed by atoms with Gasteiger partial charge in [-0.15, -0.1) is 0 Å². The van der Waals surface area contributed by atoms with Crippen LogP contribution in [0.2, 0.25) is 5.02 Å². The molecule has 0 unspecified atom stereocenters. The average Bonchev–Trinajstić information content (AvgIpc) is 2.68. The first-order valence-corrected chi connectivity index (χ1v) is 10.2. The van der Waals surface area contributed by atoms with E-state index in [0.717, 1.165) is 5.56 Å². The topological polar surface area (TPSA) is 75.7 Å². The van der Waals surface area contributed by atoms with Gasteiger partial charge < -0.3 is 10.1 Å². The Morgan fingerprint density at radius 2 is 1.74 bits per heavy atom. The second kappa shape index (κ2) is 8.67. The van der Waals surface area contributed by atoms with Gasteiger partial charge in [-0.3, -0.25) is 4.79 Å². The van der Waals surface area contributed by atoms with E-state index in [4.69, 9.17) is 16.3 Å². The first kappa shape index (κ1) is 19.6. The number of benzene rings is 2. The van der Waals surface area contributed by atoms with E-state index in [9.17, 15) is 13.2 Å². The predicted octanol–water partition coefficient (Wildman–Crippen LogP) is 3.01. The number of amides is 1. The normalized spacial score (nSPS) is 15.7. The summed E-state index contributed by atoms with van der Waals surface area (Å²) in [6, 6.07) is 13.3. The van der Waals surface area contributed by atoms with Crippen LogP contribution in [0.15, 0.2) is 59.5 Å².